The zero-order chi connectivity index (χ0) is 23.4. The Kier molecular flexibility index (Phi) is 6.81. The third kappa shape index (κ3) is 4.79. The molecule has 0 atom stereocenters. The van der Waals surface area contributed by atoms with E-state index in [2.05, 4.69) is 28.8 Å². The molecule has 0 saturated carbocycles. The van der Waals surface area contributed by atoms with Gasteiger partial charge < -0.3 is 10.3 Å². The molecule has 0 radical (unpaired) electrons. The smallest absolute Gasteiger partial charge is 0.264 e. The van der Waals surface area contributed by atoms with Gasteiger partial charge in [-0.25, -0.2) is 13.4 Å². The first-order chi connectivity index (χ1) is 15.9. The Balaban J connectivity index is 1.62. The summed E-state index contributed by atoms with van der Waals surface area (Å²) in [6, 6.07) is 22.6. The monoisotopic (exact) mass is 462 g/mol. The van der Waals surface area contributed by atoms with E-state index in [-0.39, 0.29) is 0 Å². The van der Waals surface area contributed by atoms with Gasteiger partial charge in [0.15, 0.2) is 0 Å². The van der Waals surface area contributed by atoms with Gasteiger partial charge in [0.05, 0.1) is 21.6 Å². The molecule has 0 unspecified atom stereocenters. The summed E-state index contributed by atoms with van der Waals surface area (Å²) >= 11 is 0. The Labute approximate surface area is 195 Å². The number of hydrogen-bond acceptors (Lipinski definition) is 4. The third-order valence-corrected chi connectivity index (χ3v) is 7.74. The number of anilines is 1. The molecule has 0 spiro atoms. The van der Waals surface area contributed by atoms with Gasteiger partial charge in [-0.1, -0.05) is 49.4 Å². The average molecular weight is 463 g/mol. The van der Waals surface area contributed by atoms with Crippen LogP contribution in [0, 0.1) is 0 Å². The average Bonchev–Trinajstić information content (AvgIpc) is 3.16. The molecule has 4 rings (SSSR count). The molecule has 0 amide bonds. The van der Waals surface area contributed by atoms with Gasteiger partial charge in [0, 0.05) is 26.6 Å². The lowest BCUT2D eigenvalue weighted by atomic mass is 10.1. The van der Waals surface area contributed by atoms with Gasteiger partial charge in [-0.3, -0.25) is 4.31 Å². The highest BCUT2D eigenvalue weighted by Crippen LogP contribution is 2.28. The van der Waals surface area contributed by atoms with Crippen LogP contribution in [0.5, 0.6) is 0 Å². The van der Waals surface area contributed by atoms with Gasteiger partial charge >= 0.3 is 0 Å². The molecule has 1 aromatic heterocycles. The van der Waals surface area contributed by atoms with Crippen LogP contribution in [0.3, 0.4) is 0 Å². The number of sulfonamides is 1. The van der Waals surface area contributed by atoms with Gasteiger partial charge in [-0.05, 0) is 54.3 Å². The van der Waals surface area contributed by atoms with Gasteiger partial charge in [-0.2, -0.15) is 0 Å². The van der Waals surface area contributed by atoms with E-state index in [4.69, 9.17) is 10.7 Å². The highest BCUT2D eigenvalue weighted by Gasteiger charge is 2.24. The quantitative estimate of drug-likeness (QED) is 0.399. The zero-order valence-electron chi connectivity index (χ0n) is 19.1. The number of imidazole rings is 1. The van der Waals surface area contributed by atoms with Crippen LogP contribution in [0.4, 0.5) is 5.69 Å². The maximum absolute atomic E-state index is 13.3. The molecule has 6 nitrogen and oxygen atoms in total. The highest BCUT2D eigenvalue weighted by atomic mass is 32.2. The fraction of sp³-hybridized carbons (Fsp3) is 0.269. The molecule has 0 fully saturated rings. The van der Waals surface area contributed by atoms with Gasteiger partial charge in [0.2, 0.25) is 0 Å². The number of hydrogen-bond donors (Lipinski definition) is 1. The molecular weight excluding hydrogens is 432 g/mol. The molecular formula is C26H30N4O2S. The third-order valence-electron chi connectivity index (χ3n) is 5.90. The molecule has 0 bridgehead atoms. The Morgan fingerprint density at radius 3 is 2.30 bits per heavy atom. The maximum atomic E-state index is 13.3. The van der Waals surface area contributed by atoms with Crippen molar-refractivity contribution in [1.82, 2.24) is 9.55 Å². The van der Waals surface area contributed by atoms with Gasteiger partial charge in [0.1, 0.15) is 5.82 Å². The second kappa shape index (κ2) is 9.77. The van der Waals surface area contributed by atoms with Crippen molar-refractivity contribution in [2.24, 2.45) is 12.8 Å². The second-order valence-electron chi connectivity index (χ2n) is 8.17. The molecule has 7 heteroatoms. The van der Waals surface area contributed by atoms with E-state index in [0.29, 0.717) is 30.1 Å². The van der Waals surface area contributed by atoms with Crippen LogP contribution in [-0.4, -0.2) is 24.5 Å². The fourth-order valence-corrected chi connectivity index (χ4v) is 5.60. The largest absolute Gasteiger partial charge is 0.331 e. The van der Waals surface area contributed by atoms with Crippen molar-refractivity contribution < 1.29 is 8.42 Å². The lowest BCUT2D eigenvalue weighted by Crippen LogP contribution is -2.31. The first-order valence-electron chi connectivity index (χ1n) is 11.2. The summed E-state index contributed by atoms with van der Waals surface area (Å²) in [6.45, 7) is 2.93. The van der Waals surface area contributed by atoms with E-state index in [1.807, 2.05) is 38.2 Å². The summed E-state index contributed by atoms with van der Waals surface area (Å²) in [5.74, 6) is 0.970. The van der Waals surface area contributed by atoms with Crippen molar-refractivity contribution in [3.8, 4) is 0 Å². The maximum Gasteiger partial charge on any atom is 0.264 e. The first kappa shape index (κ1) is 23.0. The van der Waals surface area contributed by atoms with Gasteiger partial charge in [0.25, 0.3) is 10.0 Å². The minimum atomic E-state index is -3.65. The van der Waals surface area contributed by atoms with Crippen LogP contribution in [0.2, 0.25) is 0 Å². The normalized spacial score (nSPS) is 11.7. The van der Waals surface area contributed by atoms with Crippen molar-refractivity contribution in [3.63, 3.8) is 0 Å². The molecule has 1 heterocycles. The Hall–Kier alpha value is -3.16. The number of fused-ring (bicyclic) bond motifs is 1. The molecule has 0 aliphatic carbocycles. The summed E-state index contributed by atoms with van der Waals surface area (Å²) in [7, 11) is -1.64. The van der Waals surface area contributed by atoms with Crippen molar-refractivity contribution >= 4 is 26.7 Å². The van der Waals surface area contributed by atoms with E-state index in [1.54, 1.807) is 24.3 Å². The van der Waals surface area contributed by atoms with Crippen LogP contribution >= 0.6 is 0 Å². The standard InChI is InChI=1S/C26H30N4O2S/c1-3-17-30(33(31,32)23-7-5-4-6-8-23)22-14-15-25-24(18-22)28-26(29(25)2)16-13-20-9-11-21(19-27)12-10-20/h4-12,14-15,18H,3,13,16-17,19,27H2,1-2H3. The minimum absolute atomic E-state index is 0.293. The first-order valence-corrected chi connectivity index (χ1v) is 12.7. The minimum Gasteiger partial charge on any atom is -0.331 e. The van der Waals surface area contributed by atoms with Crippen molar-refractivity contribution in [1.29, 1.82) is 0 Å². The number of nitrogens with two attached hydrogens (primary N) is 1. The zero-order valence-corrected chi connectivity index (χ0v) is 19.9. The van der Waals surface area contributed by atoms with Crippen LogP contribution in [0.15, 0.2) is 77.7 Å². The van der Waals surface area contributed by atoms with E-state index < -0.39 is 10.0 Å². The highest BCUT2D eigenvalue weighted by molar-refractivity contribution is 7.92. The van der Waals surface area contributed by atoms with E-state index in [9.17, 15) is 8.42 Å². The van der Waals surface area contributed by atoms with E-state index in [1.165, 1.54) is 9.87 Å². The molecule has 33 heavy (non-hydrogen) atoms. The Bertz CT molecular complexity index is 1330. The SMILES string of the molecule is CCCN(c1ccc2c(c1)nc(CCc1ccc(CN)cc1)n2C)S(=O)(=O)c1ccccc1. The van der Waals surface area contributed by atoms with Gasteiger partial charge in [-0.15, -0.1) is 0 Å². The second-order valence-corrected chi connectivity index (χ2v) is 10.0. The van der Waals surface area contributed by atoms with Crippen LogP contribution in [-0.2, 0) is 36.5 Å². The Morgan fingerprint density at radius 1 is 0.939 bits per heavy atom. The lowest BCUT2D eigenvalue weighted by Gasteiger charge is -2.24. The van der Waals surface area contributed by atoms with E-state index >= 15 is 0 Å². The summed E-state index contributed by atoms with van der Waals surface area (Å²) in [4.78, 5) is 5.13. The van der Waals surface area contributed by atoms with Crippen molar-refractivity contribution in [2.75, 3.05) is 10.8 Å². The topological polar surface area (TPSA) is 81.2 Å². The van der Waals surface area contributed by atoms with Crippen LogP contribution in [0.1, 0.15) is 30.3 Å². The predicted molar refractivity (Wildman–Crippen MR) is 134 cm³/mol. The van der Waals surface area contributed by atoms with Crippen LogP contribution < -0.4 is 10.0 Å². The van der Waals surface area contributed by atoms with Crippen molar-refractivity contribution in [3.05, 3.63) is 89.7 Å². The van der Waals surface area contributed by atoms with E-state index in [0.717, 1.165) is 35.3 Å². The number of nitrogens with zero attached hydrogens (tertiary/aromatic N) is 3. The summed E-state index contributed by atoms with van der Waals surface area (Å²) in [5.41, 5.74) is 10.5. The number of benzene rings is 3. The van der Waals surface area contributed by atoms with Crippen molar-refractivity contribution in [2.45, 2.75) is 37.6 Å². The number of aromatic nitrogens is 2. The van der Waals surface area contributed by atoms with Crippen LogP contribution in [0.25, 0.3) is 11.0 Å². The molecule has 3 aromatic carbocycles. The molecule has 2 N–H and O–H groups in total. The predicted octanol–water partition coefficient (Wildman–Crippen LogP) is 4.42. The molecule has 0 saturated heterocycles. The fourth-order valence-electron chi connectivity index (χ4n) is 4.03. The number of aryl methyl sites for hydroxylation is 3. The summed E-state index contributed by atoms with van der Waals surface area (Å²) < 4.78 is 30.2. The Morgan fingerprint density at radius 2 is 1.64 bits per heavy atom. The lowest BCUT2D eigenvalue weighted by molar-refractivity contribution is 0.590. The molecule has 0 aliphatic rings. The molecule has 0 aliphatic heterocycles. The number of rotatable bonds is 9. The summed E-state index contributed by atoms with van der Waals surface area (Å²) in [6.07, 6.45) is 2.38. The molecule has 4 aromatic rings. The summed E-state index contributed by atoms with van der Waals surface area (Å²) in [5, 5.41) is 0. The molecule has 172 valence electrons.